The van der Waals surface area contributed by atoms with Crippen molar-refractivity contribution >= 4 is 24.2 Å². The first-order chi connectivity index (χ1) is 6.18. The van der Waals surface area contributed by atoms with Crippen LogP contribution in [0.1, 0.15) is 29.2 Å². The van der Waals surface area contributed by atoms with Gasteiger partial charge in [0.25, 0.3) is 0 Å². The summed E-state index contributed by atoms with van der Waals surface area (Å²) in [5, 5.41) is 0. The number of hydrogen-bond donors (Lipinski definition) is 1. The normalized spacial score (nSPS) is 19.8. The zero-order valence-corrected chi connectivity index (χ0v) is 10.2. The number of aryl methyl sites for hydroxylation is 2. The number of rotatable bonds is 0. The standard InChI is InChI=1S/C11H15NS.ClH/c1-7-5-8(2)11-9(12)3-4-13-10(11)6-7;/h5-6,9H,3-4,12H2,1-2H3;1H. The van der Waals surface area contributed by atoms with Gasteiger partial charge < -0.3 is 5.73 Å². The molecule has 0 radical (unpaired) electrons. The molecule has 2 rings (SSSR count). The topological polar surface area (TPSA) is 26.0 Å². The van der Waals surface area contributed by atoms with E-state index in [0.717, 1.165) is 12.2 Å². The van der Waals surface area contributed by atoms with Gasteiger partial charge >= 0.3 is 0 Å². The lowest BCUT2D eigenvalue weighted by Gasteiger charge is -2.24. The molecule has 0 spiro atoms. The number of hydrogen-bond acceptors (Lipinski definition) is 2. The third-order valence-corrected chi connectivity index (χ3v) is 3.64. The first kappa shape index (κ1) is 11.9. The molecule has 0 aliphatic carbocycles. The van der Waals surface area contributed by atoms with E-state index in [0.29, 0.717) is 0 Å². The van der Waals surface area contributed by atoms with Crippen molar-refractivity contribution in [2.75, 3.05) is 5.75 Å². The molecule has 0 saturated heterocycles. The molecule has 1 heterocycles. The maximum Gasteiger partial charge on any atom is 0.0316 e. The molecule has 1 aromatic rings. The van der Waals surface area contributed by atoms with Crippen LogP contribution in [0.25, 0.3) is 0 Å². The van der Waals surface area contributed by atoms with Crippen LogP contribution in [-0.4, -0.2) is 5.75 Å². The molecule has 0 amide bonds. The highest BCUT2D eigenvalue weighted by Crippen LogP contribution is 2.37. The van der Waals surface area contributed by atoms with Gasteiger partial charge in [-0.15, -0.1) is 24.2 Å². The molecule has 2 N–H and O–H groups in total. The molecule has 0 bridgehead atoms. The zero-order chi connectivity index (χ0) is 9.42. The first-order valence-electron chi connectivity index (χ1n) is 4.68. The summed E-state index contributed by atoms with van der Waals surface area (Å²) in [5.74, 6) is 1.16. The molecule has 1 aliphatic heterocycles. The molecule has 1 aromatic carbocycles. The Bertz CT molecular complexity index is 338. The number of fused-ring (bicyclic) bond motifs is 1. The van der Waals surface area contributed by atoms with E-state index < -0.39 is 0 Å². The van der Waals surface area contributed by atoms with Gasteiger partial charge in [0, 0.05) is 10.9 Å². The SMILES string of the molecule is Cc1cc(C)c2c(c1)SCCC2N.Cl. The highest BCUT2D eigenvalue weighted by molar-refractivity contribution is 7.99. The predicted octanol–water partition coefficient (Wildman–Crippen LogP) is 3.22. The largest absolute Gasteiger partial charge is 0.324 e. The van der Waals surface area contributed by atoms with Gasteiger partial charge in [0.1, 0.15) is 0 Å². The van der Waals surface area contributed by atoms with Crippen molar-refractivity contribution in [2.45, 2.75) is 31.2 Å². The van der Waals surface area contributed by atoms with E-state index >= 15 is 0 Å². The van der Waals surface area contributed by atoms with E-state index in [4.69, 9.17) is 5.73 Å². The van der Waals surface area contributed by atoms with Crippen LogP contribution in [0.3, 0.4) is 0 Å². The van der Waals surface area contributed by atoms with Crippen LogP contribution in [0, 0.1) is 13.8 Å². The quantitative estimate of drug-likeness (QED) is 0.739. The van der Waals surface area contributed by atoms with Gasteiger partial charge in [-0.2, -0.15) is 0 Å². The van der Waals surface area contributed by atoms with Gasteiger partial charge in [-0.1, -0.05) is 6.07 Å². The lowest BCUT2D eigenvalue weighted by molar-refractivity contribution is 0.674. The summed E-state index contributed by atoms with van der Waals surface area (Å²) in [4.78, 5) is 1.40. The molecular weight excluding hydrogens is 214 g/mol. The van der Waals surface area contributed by atoms with Crippen LogP contribution in [0.2, 0.25) is 0 Å². The molecule has 0 saturated carbocycles. The molecule has 78 valence electrons. The van der Waals surface area contributed by atoms with Crippen LogP contribution < -0.4 is 5.73 Å². The minimum Gasteiger partial charge on any atom is -0.324 e. The fourth-order valence-corrected chi connectivity index (χ4v) is 3.30. The predicted molar refractivity (Wildman–Crippen MR) is 65.4 cm³/mol. The Morgan fingerprint density at radius 2 is 2.07 bits per heavy atom. The first-order valence-corrected chi connectivity index (χ1v) is 5.66. The molecule has 14 heavy (non-hydrogen) atoms. The minimum atomic E-state index is 0. The van der Waals surface area contributed by atoms with Crippen molar-refractivity contribution in [2.24, 2.45) is 5.73 Å². The van der Waals surface area contributed by atoms with Gasteiger partial charge in [-0.05, 0) is 48.8 Å². The van der Waals surface area contributed by atoms with Crippen molar-refractivity contribution in [3.05, 3.63) is 28.8 Å². The average molecular weight is 230 g/mol. The summed E-state index contributed by atoms with van der Waals surface area (Å²) in [7, 11) is 0. The van der Waals surface area contributed by atoms with E-state index in [-0.39, 0.29) is 18.4 Å². The van der Waals surface area contributed by atoms with Crippen LogP contribution in [0.5, 0.6) is 0 Å². The van der Waals surface area contributed by atoms with E-state index in [1.165, 1.54) is 21.6 Å². The van der Waals surface area contributed by atoms with Gasteiger partial charge in [0.2, 0.25) is 0 Å². The van der Waals surface area contributed by atoms with E-state index in [1.807, 2.05) is 11.8 Å². The van der Waals surface area contributed by atoms with Gasteiger partial charge in [-0.25, -0.2) is 0 Å². The Balaban J connectivity index is 0.000000980. The summed E-state index contributed by atoms with van der Waals surface area (Å²) >= 11 is 1.94. The fourth-order valence-electron chi connectivity index (χ4n) is 1.97. The Hall–Kier alpha value is -0.180. The maximum absolute atomic E-state index is 6.08. The minimum absolute atomic E-state index is 0. The summed E-state index contributed by atoms with van der Waals surface area (Å²) in [6.07, 6.45) is 1.11. The van der Waals surface area contributed by atoms with Crippen LogP contribution >= 0.6 is 24.2 Å². The summed E-state index contributed by atoms with van der Waals surface area (Å²) in [5.41, 5.74) is 10.2. The Labute approximate surface area is 95.9 Å². The molecule has 1 atom stereocenters. The number of nitrogens with two attached hydrogens (primary N) is 1. The molecule has 1 unspecified atom stereocenters. The lowest BCUT2D eigenvalue weighted by atomic mass is 9.98. The van der Waals surface area contributed by atoms with Crippen LogP contribution in [0.15, 0.2) is 17.0 Å². The molecule has 0 aromatic heterocycles. The van der Waals surface area contributed by atoms with Crippen molar-refractivity contribution in [1.29, 1.82) is 0 Å². The highest BCUT2D eigenvalue weighted by Gasteiger charge is 2.19. The number of thioether (sulfide) groups is 1. The van der Waals surface area contributed by atoms with E-state index in [1.54, 1.807) is 0 Å². The van der Waals surface area contributed by atoms with Crippen LogP contribution in [-0.2, 0) is 0 Å². The average Bonchev–Trinajstić information content (AvgIpc) is 2.02. The Kier molecular flexibility index (Phi) is 3.87. The number of benzene rings is 1. The smallest absolute Gasteiger partial charge is 0.0316 e. The van der Waals surface area contributed by atoms with Crippen LogP contribution in [0.4, 0.5) is 0 Å². The Morgan fingerprint density at radius 1 is 1.36 bits per heavy atom. The van der Waals surface area contributed by atoms with Crippen molar-refractivity contribution in [3.63, 3.8) is 0 Å². The summed E-state index contributed by atoms with van der Waals surface area (Å²) < 4.78 is 0. The summed E-state index contributed by atoms with van der Waals surface area (Å²) in [6.45, 7) is 4.31. The lowest BCUT2D eigenvalue weighted by Crippen LogP contribution is -2.17. The number of halogens is 1. The Morgan fingerprint density at radius 3 is 2.79 bits per heavy atom. The molecule has 1 aliphatic rings. The summed E-state index contributed by atoms with van der Waals surface area (Å²) in [6, 6.07) is 4.74. The van der Waals surface area contributed by atoms with E-state index in [2.05, 4.69) is 26.0 Å². The van der Waals surface area contributed by atoms with Crippen molar-refractivity contribution in [1.82, 2.24) is 0 Å². The third-order valence-electron chi connectivity index (χ3n) is 2.55. The van der Waals surface area contributed by atoms with Gasteiger partial charge in [0.05, 0.1) is 0 Å². The van der Waals surface area contributed by atoms with Gasteiger partial charge in [0.15, 0.2) is 0 Å². The second-order valence-electron chi connectivity index (χ2n) is 3.74. The molecule has 1 nitrogen and oxygen atoms in total. The van der Waals surface area contributed by atoms with E-state index in [9.17, 15) is 0 Å². The second-order valence-corrected chi connectivity index (χ2v) is 4.87. The zero-order valence-electron chi connectivity index (χ0n) is 8.54. The van der Waals surface area contributed by atoms with Gasteiger partial charge in [-0.3, -0.25) is 0 Å². The van der Waals surface area contributed by atoms with Crippen molar-refractivity contribution < 1.29 is 0 Å². The monoisotopic (exact) mass is 229 g/mol. The maximum atomic E-state index is 6.08. The molecule has 0 fully saturated rings. The fraction of sp³-hybridized carbons (Fsp3) is 0.455. The third kappa shape index (κ3) is 2.08. The molecular formula is C11H16ClNS. The second kappa shape index (κ2) is 4.56. The molecule has 3 heteroatoms. The van der Waals surface area contributed by atoms with Crippen molar-refractivity contribution in [3.8, 4) is 0 Å². The highest BCUT2D eigenvalue weighted by atomic mass is 35.5.